The van der Waals surface area contributed by atoms with E-state index in [1.165, 1.54) is 6.07 Å². The summed E-state index contributed by atoms with van der Waals surface area (Å²) in [7, 11) is 0. The summed E-state index contributed by atoms with van der Waals surface area (Å²) in [6, 6.07) is 8.08. The third kappa shape index (κ3) is 3.34. The summed E-state index contributed by atoms with van der Waals surface area (Å²) in [5.74, 6) is -0.362. The van der Waals surface area contributed by atoms with Crippen molar-refractivity contribution in [1.29, 1.82) is 0 Å². The number of nitrogens with one attached hydrogen (secondary N) is 1. The predicted octanol–water partition coefficient (Wildman–Crippen LogP) is 6.16. The standard InChI is InChI=1S/C13H8BrCl3FN/c14-8-4-5-11(13(17)12(8)16)19-6-7-9(15)2-1-3-10(7)18/h1-5,19H,6H2. The van der Waals surface area contributed by atoms with Crippen LogP contribution in [0.25, 0.3) is 0 Å². The maximum Gasteiger partial charge on any atom is 0.129 e. The van der Waals surface area contributed by atoms with Gasteiger partial charge in [-0.3, -0.25) is 0 Å². The Morgan fingerprint density at radius 3 is 2.47 bits per heavy atom. The van der Waals surface area contributed by atoms with Crippen LogP contribution in [0, 0.1) is 5.82 Å². The van der Waals surface area contributed by atoms with Gasteiger partial charge in [-0.15, -0.1) is 0 Å². The predicted molar refractivity (Wildman–Crippen MR) is 82.9 cm³/mol. The Hall–Kier alpha value is -0.480. The number of rotatable bonds is 3. The normalized spacial score (nSPS) is 10.6. The number of benzene rings is 2. The van der Waals surface area contributed by atoms with Crippen LogP contribution in [0.3, 0.4) is 0 Å². The molecule has 0 fully saturated rings. The maximum atomic E-state index is 13.6. The molecule has 0 heterocycles. The number of hydrogen-bond acceptors (Lipinski definition) is 1. The summed E-state index contributed by atoms with van der Waals surface area (Å²) >= 11 is 21.3. The molecular weight excluding hydrogens is 375 g/mol. The van der Waals surface area contributed by atoms with Gasteiger partial charge in [0, 0.05) is 21.6 Å². The zero-order valence-corrected chi connectivity index (χ0v) is 13.3. The van der Waals surface area contributed by atoms with Crippen molar-refractivity contribution >= 4 is 56.4 Å². The van der Waals surface area contributed by atoms with Crippen molar-refractivity contribution in [2.45, 2.75) is 6.54 Å². The van der Waals surface area contributed by atoms with Gasteiger partial charge in [0.15, 0.2) is 0 Å². The van der Waals surface area contributed by atoms with Crippen LogP contribution in [-0.2, 0) is 6.54 Å². The molecule has 0 saturated carbocycles. The topological polar surface area (TPSA) is 12.0 Å². The van der Waals surface area contributed by atoms with Crippen LogP contribution in [0.4, 0.5) is 10.1 Å². The van der Waals surface area contributed by atoms with Gasteiger partial charge in [-0.1, -0.05) is 40.9 Å². The Morgan fingerprint density at radius 2 is 1.79 bits per heavy atom. The first-order valence-electron chi connectivity index (χ1n) is 5.31. The van der Waals surface area contributed by atoms with Gasteiger partial charge in [0.1, 0.15) is 5.82 Å². The van der Waals surface area contributed by atoms with E-state index in [-0.39, 0.29) is 12.4 Å². The second-order valence-electron chi connectivity index (χ2n) is 3.78. The van der Waals surface area contributed by atoms with E-state index < -0.39 is 0 Å². The van der Waals surface area contributed by atoms with Crippen LogP contribution in [0.2, 0.25) is 15.1 Å². The second-order valence-corrected chi connectivity index (χ2v) is 5.79. The fraction of sp³-hybridized carbons (Fsp3) is 0.0769. The zero-order chi connectivity index (χ0) is 14.0. The lowest BCUT2D eigenvalue weighted by atomic mass is 10.2. The Morgan fingerprint density at radius 1 is 1.05 bits per heavy atom. The number of halogens is 5. The van der Waals surface area contributed by atoms with Gasteiger partial charge in [-0.25, -0.2) is 4.39 Å². The molecule has 0 bridgehead atoms. The molecule has 0 aliphatic rings. The molecule has 0 radical (unpaired) electrons. The average Bonchev–Trinajstić information content (AvgIpc) is 2.38. The molecule has 0 atom stereocenters. The van der Waals surface area contributed by atoms with Gasteiger partial charge < -0.3 is 5.32 Å². The van der Waals surface area contributed by atoms with Gasteiger partial charge in [0.05, 0.1) is 15.7 Å². The molecule has 0 aliphatic carbocycles. The van der Waals surface area contributed by atoms with Gasteiger partial charge in [-0.2, -0.15) is 0 Å². The second kappa shape index (κ2) is 6.31. The molecule has 100 valence electrons. The molecule has 0 unspecified atom stereocenters. The van der Waals surface area contributed by atoms with E-state index in [4.69, 9.17) is 34.8 Å². The van der Waals surface area contributed by atoms with E-state index in [0.29, 0.717) is 30.8 Å². The maximum absolute atomic E-state index is 13.6. The van der Waals surface area contributed by atoms with Gasteiger partial charge in [0.2, 0.25) is 0 Å². The van der Waals surface area contributed by atoms with E-state index in [0.717, 1.165) is 0 Å². The lowest BCUT2D eigenvalue weighted by Crippen LogP contribution is -2.03. The van der Waals surface area contributed by atoms with E-state index in [9.17, 15) is 4.39 Å². The SMILES string of the molecule is Fc1cccc(Cl)c1CNc1ccc(Br)c(Cl)c1Cl. The largest absolute Gasteiger partial charge is 0.380 e. The van der Waals surface area contributed by atoms with Crippen molar-refractivity contribution in [3.8, 4) is 0 Å². The zero-order valence-electron chi connectivity index (χ0n) is 9.48. The fourth-order valence-corrected chi connectivity index (χ4v) is 2.62. The Balaban J connectivity index is 2.22. The van der Waals surface area contributed by atoms with Crippen molar-refractivity contribution in [2.24, 2.45) is 0 Å². The van der Waals surface area contributed by atoms with Crippen LogP contribution in [0.5, 0.6) is 0 Å². The van der Waals surface area contributed by atoms with Crippen molar-refractivity contribution in [2.75, 3.05) is 5.32 Å². The van der Waals surface area contributed by atoms with Crippen LogP contribution < -0.4 is 5.32 Å². The van der Waals surface area contributed by atoms with Crippen LogP contribution in [0.1, 0.15) is 5.56 Å². The highest BCUT2D eigenvalue weighted by Crippen LogP contribution is 2.36. The molecule has 1 N–H and O–H groups in total. The summed E-state index contributed by atoms with van der Waals surface area (Å²) in [5, 5.41) is 4.17. The van der Waals surface area contributed by atoms with Gasteiger partial charge >= 0.3 is 0 Å². The Kier molecular flexibility index (Phi) is 4.96. The first-order chi connectivity index (χ1) is 9.00. The van der Waals surface area contributed by atoms with Crippen LogP contribution >= 0.6 is 50.7 Å². The lowest BCUT2D eigenvalue weighted by Gasteiger charge is -2.12. The Bertz CT molecular complexity index is 599. The van der Waals surface area contributed by atoms with Gasteiger partial charge in [-0.05, 0) is 40.2 Å². The lowest BCUT2D eigenvalue weighted by molar-refractivity contribution is 0.613. The molecule has 0 aromatic heterocycles. The van der Waals surface area contributed by atoms with E-state index >= 15 is 0 Å². The molecule has 6 heteroatoms. The summed E-state index contributed by atoms with van der Waals surface area (Å²) in [4.78, 5) is 0. The summed E-state index contributed by atoms with van der Waals surface area (Å²) in [6.45, 7) is 0.225. The highest BCUT2D eigenvalue weighted by Gasteiger charge is 2.10. The third-order valence-electron chi connectivity index (χ3n) is 2.55. The molecule has 0 spiro atoms. The molecule has 1 nitrogen and oxygen atoms in total. The molecular formula is C13H8BrCl3FN. The summed E-state index contributed by atoms with van der Waals surface area (Å²) < 4.78 is 14.3. The minimum atomic E-state index is -0.362. The molecule has 2 rings (SSSR count). The van der Waals surface area contributed by atoms with Crippen LogP contribution in [-0.4, -0.2) is 0 Å². The van der Waals surface area contributed by atoms with E-state index in [1.807, 2.05) is 0 Å². The third-order valence-corrected chi connectivity index (χ3v) is 4.68. The summed E-state index contributed by atoms with van der Waals surface area (Å²) in [5.41, 5.74) is 1.01. The molecule has 0 aliphatic heterocycles. The monoisotopic (exact) mass is 381 g/mol. The molecule has 0 amide bonds. The minimum absolute atomic E-state index is 0.225. The van der Waals surface area contributed by atoms with E-state index in [1.54, 1.807) is 24.3 Å². The average molecular weight is 383 g/mol. The molecule has 0 saturated heterocycles. The number of hydrogen-bond donors (Lipinski definition) is 1. The summed E-state index contributed by atoms with van der Waals surface area (Å²) in [6.07, 6.45) is 0. The van der Waals surface area contributed by atoms with Crippen molar-refractivity contribution in [3.63, 3.8) is 0 Å². The van der Waals surface area contributed by atoms with Crippen molar-refractivity contribution in [1.82, 2.24) is 0 Å². The smallest absolute Gasteiger partial charge is 0.129 e. The first-order valence-corrected chi connectivity index (χ1v) is 7.23. The number of anilines is 1. The molecule has 19 heavy (non-hydrogen) atoms. The van der Waals surface area contributed by atoms with Crippen molar-refractivity contribution in [3.05, 3.63) is 61.3 Å². The van der Waals surface area contributed by atoms with E-state index in [2.05, 4.69) is 21.2 Å². The quantitative estimate of drug-likeness (QED) is 0.626. The fourth-order valence-electron chi connectivity index (χ4n) is 1.55. The highest BCUT2D eigenvalue weighted by molar-refractivity contribution is 9.10. The first kappa shape index (κ1) is 14.9. The highest BCUT2D eigenvalue weighted by atomic mass is 79.9. The van der Waals surface area contributed by atoms with Crippen LogP contribution in [0.15, 0.2) is 34.8 Å². The molecule has 2 aromatic rings. The van der Waals surface area contributed by atoms with Gasteiger partial charge in [0.25, 0.3) is 0 Å². The minimum Gasteiger partial charge on any atom is -0.380 e. The molecule has 2 aromatic carbocycles. The Labute approximate surface area is 133 Å². The van der Waals surface area contributed by atoms with Crippen molar-refractivity contribution < 1.29 is 4.39 Å².